The summed E-state index contributed by atoms with van der Waals surface area (Å²) in [5.74, 6) is 6.88. The van der Waals surface area contributed by atoms with Crippen molar-refractivity contribution in [2.75, 3.05) is 0 Å². The summed E-state index contributed by atoms with van der Waals surface area (Å²) in [7, 11) is 0. The highest BCUT2D eigenvalue weighted by atomic mass is 16.5. The molecule has 6 aromatic carbocycles. The van der Waals surface area contributed by atoms with Crippen LogP contribution in [0.2, 0.25) is 0 Å². The Balaban J connectivity index is 1.02. The van der Waals surface area contributed by atoms with Gasteiger partial charge in [0.25, 0.3) is 0 Å². The van der Waals surface area contributed by atoms with Crippen molar-refractivity contribution < 1.29 is 4.74 Å². The minimum atomic E-state index is -0.0127. The summed E-state index contributed by atoms with van der Waals surface area (Å²) in [5, 5.41) is 9.82. The second kappa shape index (κ2) is 12.6. The van der Waals surface area contributed by atoms with Gasteiger partial charge in [0.2, 0.25) is 0 Å². The maximum Gasteiger partial charge on any atom is 0.164 e. The van der Waals surface area contributed by atoms with E-state index in [-0.39, 0.29) is 5.41 Å². The standard InChI is InChI=1S/C50H38N4O/c51-30-39-12-4-5-17-42(39)36-14-9-16-38(28-36)49-53-47(33-10-2-1-3-11-33)52-48(54-49)37-15-8-13-34(27-37)35-20-21-46-44(29-35)50(43-18-6-7-19-45(43)55-46)40-23-31-22-32(25-40)26-41(50)24-31/h1-21,27-29,31-32,40-41H,22-26H2. The molecule has 1 spiro atoms. The highest BCUT2D eigenvalue weighted by Crippen LogP contribution is 2.69. The lowest BCUT2D eigenvalue weighted by atomic mass is 9.41. The lowest BCUT2D eigenvalue weighted by Gasteiger charge is -2.63. The number of hydrogen-bond acceptors (Lipinski definition) is 5. The molecule has 4 bridgehead atoms. The van der Waals surface area contributed by atoms with E-state index in [1.165, 1.54) is 48.8 Å². The summed E-state index contributed by atoms with van der Waals surface area (Å²) in [5.41, 5.74) is 10.2. The van der Waals surface area contributed by atoms with Gasteiger partial charge in [-0.3, -0.25) is 0 Å². The lowest BCUT2D eigenvalue weighted by Crippen LogP contribution is -2.56. The number of benzene rings is 6. The number of aromatic nitrogens is 3. The Kier molecular flexibility index (Phi) is 7.35. The molecule has 4 aliphatic carbocycles. The zero-order valence-corrected chi connectivity index (χ0v) is 30.4. The molecule has 0 radical (unpaired) electrons. The molecule has 0 saturated heterocycles. The van der Waals surface area contributed by atoms with Crippen LogP contribution in [0.1, 0.15) is 48.8 Å². The monoisotopic (exact) mass is 710 g/mol. The molecule has 4 fully saturated rings. The third-order valence-corrected chi connectivity index (χ3v) is 13.0. The van der Waals surface area contributed by atoms with Crippen LogP contribution in [0, 0.1) is 35.0 Å². The predicted molar refractivity (Wildman–Crippen MR) is 216 cm³/mol. The third kappa shape index (κ3) is 5.16. The Morgan fingerprint density at radius 3 is 1.75 bits per heavy atom. The summed E-state index contributed by atoms with van der Waals surface area (Å²) in [6.45, 7) is 0. The van der Waals surface area contributed by atoms with Crippen molar-refractivity contribution in [3.8, 4) is 74.0 Å². The summed E-state index contributed by atoms with van der Waals surface area (Å²) in [4.78, 5) is 15.2. The molecule has 0 atom stereocenters. The lowest BCUT2D eigenvalue weighted by molar-refractivity contribution is -0.0452. The molecule has 55 heavy (non-hydrogen) atoms. The van der Waals surface area contributed by atoms with Crippen LogP contribution in [-0.4, -0.2) is 15.0 Å². The van der Waals surface area contributed by atoms with Gasteiger partial charge in [-0.2, -0.15) is 5.26 Å². The van der Waals surface area contributed by atoms with E-state index in [1.807, 2.05) is 72.8 Å². The van der Waals surface area contributed by atoms with E-state index in [2.05, 4.69) is 78.9 Å². The van der Waals surface area contributed by atoms with Crippen molar-refractivity contribution in [1.29, 1.82) is 5.26 Å². The van der Waals surface area contributed by atoms with Crippen molar-refractivity contribution in [3.63, 3.8) is 0 Å². The Morgan fingerprint density at radius 1 is 0.473 bits per heavy atom. The average Bonchev–Trinajstić information content (AvgIpc) is 3.25. The molecule has 4 saturated carbocycles. The number of nitriles is 1. The third-order valence-electron chi connectivity index (χ3n) is 13.0. The Morgan fingerprint density at radius 2 is 1.02 bits per heavy atom. The van der Waals surface area contributed by atoms with Crippen LogP contribution in [0.4, 0.5) is 0 Å². The molecule has 5 aliphatic rings. The van der Waals surface area contributed by atoms with E-state index < -0.39 is 0 Å². The SMILES string of the molecule is N#Cc1ccccc1-c1cccc(-c2nc(-c3ccccc3)nc(-c3cccc(-c4ccc5c(c4)C4(c6ccccc6O5)C5CC6CC(C5)CC4C6)c3)n2)c1. The average molecular weight is 711 g/mol. The zero-order chi connectivity index (χ0) is 36.5. The molecule has 5 heteroatoms. The van der Waals surface area contributed by atoms with Gasteiger partial charge in [-0.05, 0) is 114 Å². The minimum absolute atomic E-state index is 0.0127. The van der Waals surface area contributed by atoms with Gasteiger partial charge in [-0.15, -0.1) is 0 Å². The van der Waals surface area contributed by atoms with Crippen molar-refractivity contribution in [2.45, 2.75) is 37.5 Å². The van der Waals surface area contributed by atoms with Gasteiger partial charge in [0, 0.05) is 33.2 Å². The maximum atomic E-state index is 9.82. The van der Waals surface area contributed by atoms with Gasteiger partial charge >= 0.3 is 0 Å². The van der Waals surface area contributed by atoms with Crippen molar-refractivity contribution in [2.24, 2.45) is 23.7 Å². The quantitative estimate of drug-likeness (QED) is 0.178. The van der Waals surface area contributed by atoms with Crippen LogP contribution < -0.4 is 4.74 Å². The van der Waals surface area contributed by atoms with E-state index in [0.717, 1.165) is 56.7 Å². The number of rotatable bonds is 5. The fourth-order valence-corrected chi connectivity index (χ4v) is 10.9. The van der Waals surface area contributed by atoms with E-state index in [4.69, 9.17) is 19.7 Å². The predicted octanol–water partition coefficient (Wildman–Crippen LogP) is 11.9. The number of hydrogen-bond donors (Lipinski definition) is 0. The minimum Gasteiger partial charge on any atom is -0.457 e. The molecule has 1 aromatic heterocycles. The van der Waals surface area contributed by atoms with Crippen LogP contribution in [0.15, 0.2) is 146 Å². The molecule has 1 aliphatic heterocycles. The van der Waals surface area contributed by atoms with Crippen LogP contribution in [0.5, 0.6) is 11.5 Å². The highest BCUT2D eigenvalue weighted by molar-refractivity contribution is 5.77. The Labute approximate surface area is 321 Å². The fourth-order valence-electron chi connectivity index (χ4n) is 10.9. The first kappa shape index (κ1) is 32.1. The number of nitrogens with zero attached hydrogens (tertiary/aromatic N) is 4. The molecule has 12 rings (SSSR count). The van der Waals surface area contributed by atoms with Gasteiger partial charge in [0.15, 0.2) is 17.5 Å². The number of fused-ring (bicyclic) bond motifs is 2. The molecular formula is C50H38N4O. The maximum absolute atomic E-state index is 9.82. The second-order valence-corrected chi connectivity index (χ2v) is 16.0. The number of para-hydroxylation sites is 1. The molecule has 0 unspecified atom stereocenters. The summed E-state index contributed by atoms with van der Waals surface area (Å²) in [6.07, 6.45) is 6.70. The van der Waals surface area contributed by atoms with Crippen molar-refractivity contribution >= 4 is 0 Å². The van der Waals surface area contributed by atoms with Gasteiger partial charge in [-0.25, -0.2) is 15.0 Å². The topological polar surface area (TPSA) is 71.7 Å². The molecule has 7 aromatic rings. The molecule has 5 nitrogen and oxygen atoms in total. The summed E-state index contributed by atoms with van der Waals surface area (Å²) >= 11 is 0. The molecule has 0 amide bonds. The van der Waals surface area contributed by atoms with Gasteiger partial charge in [0.1, 0.15) is 11.5 Å². The smallest absolute Gasteiger partial charge is 0.164 e. The number of ether oxygens (including phenoxy) is 1. The molecule has 264 valence electrons. The Bertz CT molecular complexity index is 2650. The first-order valence-electron chi connectivity index (χ1n) is 19.6. The summed E-state index contributed by atoms with van der Waals surface area (Å²) < 4.78 is 6.71. The zero-order valence-electron chi connectivity index (χ0n) is 30.4. The van der Waals surface area contributed by atoms with Crippen LogP contribution >= 0.6 is 0 Å². The van der Waals surface area contributed by atoms with Gasteiger partial charge < -0.3 is 4.74 Å². The van der Waals surface area contributed by atoms with Crippen LogP contribution in [0.3, 0.4) is 0 Å². The van der Waals surface area contributed by atoms with Gasteiger partial charge in [-0.1, -0.05) is 109 Å². The molecule has 2 heterocycles. The molecular weight excluding hydrogens is 673 g/mol. The highest BCUT2D eigenvalue weighted by Gasteiger charge is 2.61. The Hall–Kier alpha value is -6.38. The van der Waals surface area contributed by atoms with Crippen molar-refractivity contribution in [3.05, 3.63) is 162 Å². The second-order valence-electron chi connectivity index (χ2n) is 16.0. The summed E-state index contributed by atoms with van der Waals surface area (Å²) in [6, 6.07) is 52.6. The van der Waals surface area contributed by atoms with Crippen LogP contribution in [0.25, 0.3) is 56.4 Å². The van der Waals surface area contributed by atoms with Gasteiger partial charge in [0.05, 0.1) is 11.6 Å². The van der Waals surface area contributed by atoms with E-state index in [0.29, 0.717) is 34.9 Å². The molecule has 0 N–H and O–H groups in total. The fraction of sp³-hybridized carbons (Fsp3) is 0.200. The van der Waals surface area contributed by atoms with E-state index >= 15 is 0 Å². The normalized spacial score (nSPS) is 22.7. The van der Waals surface area contributed by atoms with Crippen molar-refractivity contribution in [1.82, 2.24) is 15.0 Å². The van der Waals surface area contributed by atoms with E-state index in [9.17, 15) is 5.26 Å². The van der Waals surface area contributed by atoms with Crippen LogP contribution in [-0.2, 0) is 5.41 Å². The first-order valence-corrected chi connectivity index (χ1v) is 19.6. The van der Waals surface area contributed by atoms with E-state index in [1.54, 1.807) is 0 Å². The first-order chi connectivity index (χ1) is 27.1. The largest absolute Gasteiger partial charge is 0.457 e.